The van der Waals surface area contributed by atoms with Crippen LogP contribution in [0.25, 0.3) is 0 Å². The number of nitrogens with one attached hydrogen (secondary N) is 1. The molecule has 1 N–H and O–H groups in total. The van der Waals surface area contributed by atoms with Crippen LogP contribution in [-0.2, 0) is 12.7 Å². The van der Waals surface area contributed by atoms with Crippen molar-refractivity contribution in [1.29, 1.82) is 0 Å². The summed E-state index contributed by atoms with van der Waals surface area (Å²) in [6, 6.07) is 2.84. The average molecular weight is 304 g/mol. The first kappa shape index (κ1) is 16.2. The number of likely N-dealkylation sites (tertiary alicyclic amines) is 1. The van der Waals surface area contributed by atoms with Crippen molar-refractivity contribution >= 4 is 0 Å². The molecule has 0 aliphatic carbocycles. The van der Waals surface area contributed by atoms with E-state index in [9.17, 15) is 17.6 Å². The van der Waals surface area contributed by atoms with E-state index in [0.29, 0.717) is 18.5 Å². The summed E-state index contributed by atoms with van der Waals surface area (Å²) in [6.45, 7) is 2.82. The van der Waals surface area contributed by atoms with Crippen molar-refractivity contribution in [2.24, 2.45) is 5.92 Å². The normalized spacial score (nSPS) is 20.7. The fourth-order valence-electron chi connectivity index (χ4n) is 2.82. The molecule has 118 valence electrons. The van der Waals surface area contributed by atoms with Crippen LogP contribution < -0.4 is 5.32 Å². The zero-order chi connectivity index (χ0) is 15.5. The molecule has 1 aromatic carbocycles. The highest BCUT2D eigenvalue weighted by molar-refractivity contribution is 5.30. The second-order valence-corrected chi connectivity index (χ2v) is 5.70. The van der Waals surface area contributed by atoms with E-state index in [-0.39, 0.29) is 12.1 Å². The second-order valence-electron chi connectivity index (χ2n) is 5.70. The summed E-state index contributed by atoms with van der Waals surface area (Å²) in [5.74, 6) is -0.404. The smallest absolute Gasteiger partial charge is 0.312 e. The van der Waals surface area contributed by atoms with Crippen LogP contribution in [0.15, 0.2) is 18.2 Å². The molecule has 21 heavy (non-hydrogen) atoms. The summed E-state index contributed by atoms with van der Waals surface area (Å²) in [7, 11) is 2.05. The number of nitrogens with zero attached hydrogens (tertiary/aromatic N) is 1. The second kappa shape index (κ2) is 6.75. The minimum Gasteiger partial charge on any atom is -0.312 e. The molecule has 0 amide bonds. The molecule has 6 heteroatoms. The molecule has 0 aromatic heterocycles. The Balaban J connectivity index is 1.94. The van der Waals surface area contributed by atoms with Gasteiger partial charge in [-0.15, -0.1) is 0 Å². The third kappa shape index (κ3) is 4.68. The van der Waals surface area contributed by atoms with Crippen LogP contribution in [-0.4, -0.2) is 31.6 Å². The van der Waals surface area contributed by atoms with Gasteiger partial charge in [0, 0.05) is 13.1 Å². The van der Waals surface area contributed by atoms with Gasteiger partial charge in [0.05, 0.1) is 5.56 Å². The summed E-state index contributed by atoms with van der Waals surface area (Å²) < 4.78 is 51.6. The fourth-order valence-corrected chi connectivity index (χ4v) is 2.82. The Hall–Kier alpha value is -1.14. The number of rotatable bonds is 4. The molecule has 1 fully saturated rings. The number of alkyl halides is 3. The maximum Gasteiger partial charge on any atom is 0.416 e. The molecule has 1 aliphatic rings. The molecule has 1 aliphatic heterocycles. The molecule has 1 aromatic rings. The highest BCUT2D eigenvalue weighted by Gasteiger charge is 2.33. The third-order valence-corrected chi connectivity index (χ3v) is 3.85. The maximum absolute atomic E-state index is 13.0. The fraction of sp³-hybridized carbons (Fsp3) is 0.600. The van der Waals surface area contributed by atoms with Crippen molar-refractivity contribution in [2.75, 3.05) is 26.7 Å². The lowest BCUT2D eigenvalue weighted by atomic mass is 9.98. The van der Waals surface area contributed by atoms with Crippen LogP contribution in [0.4, 0.5) is 17.6 Å². The molecule has 0 saturated carbocycles. The van der Waals surface area contributed by atoms with E-state index < -0.39 is 17.6 Å². The van der Waals surface area contributed by atoms with Gasteiger partial charge in [-0.2, -0.15) is 13.2 Å². The lowest BCUT2D eigenvalue weighted by Crippen LogP contribution is -2.37. The number of hydrogen-bond donors (Lipinski definition) is 1. The molecule has 0 radical (unpaired) electrons. The van der Waals surface area contributed by atoms with Crippen LogP contribution in [0, 0.1) is 11.7 Å². The van der Waals surface area contributed by atoms with Gasteiger partial charge in [0.15, 0.2) is 0 Å². The molecule has 0 spiro atoms. The molecule has 1 saturated heterocycles. The van der Waals surface area contributed by atoms with Crippen LogP contribution in [0.1, 0.15) is 24.0 Å². The quantitative estimate of drug-likeness (QED) is 0.859. The summed E-state index contributed by atoms with van der Waals surface area (Å²) in [6.07, 6.45) is -2.32. The molecule has 1 heterocycles. The van der Waals surface area contributed by atoms with Crippen molar-refractivity contribution in [1.82, 2.24) is 10.2 Å². The summed E-state index contributed by atoms with van der Waals surface area (Å²) in [5.41, 5.74) is -0.802. The van der Waals surface area contributed by atoms with E-state index in [2.05, 4.69) is 10.2 Å². The zero-order valence-electron chi connectivity index (χ0n) is 12.0. The van der Waals surface area contributed by atoms with Crippen molar-refractivity contribution in [3.63, 3.8) is 0 Å². The Bertz CT molecular complexity index is 473. The van der Waals surface area contributed by atoms with Gasteiger partial charge in [0.2, 0.25) is 0 Å². The van der Waals surface area contributed by atoms with Crippen LogP contribution in [0.3, 0.4) is 0 Å². The van der Waals surface area contributed by atoms with Gasteiger partial charge in [-0.05, 0) is 56.6 Å². The maximum atomic E-state index is 13.0. The average Bonchev–Trinajstić information content (AvgIpc) is 2.39. The highest BCUT2D eigenvalue weighted by atomic mass is 19.4. The number of piperidine rings is 1. The van der Waals surface area contributed by atoms with Gasteiger partial charge in [-0.3, -0.25) is 0 Å². The van der Waals surface area contributed by atoms with E-state index in [4.69, 9.17) is 0 Å². The predicted molar refractivity (Wildman–Crippen MR) is 73.3 cm³/mol. The van der Waals surface area contributed by atoms with Crippen molar-refractivity contribution < 1.29 is 17.6 Å². The molecule has 2 rings (SSSR count). The molecule has 2 nitrogen and oxygen atoms in total. The summed E-state index contributed by atoms with van der Waals surface area (Å²) >= 11 is 0. The van der Waals surface area contributed by atoms with E-state index in [0.717, 1.165) is 32.0 Å². The lowest BCUT2D eigenvalue weighted by Gasteiger charge is -2.29. The summed E-state index contributed by atoms with van der Waals surface area (Å²) in [5, 5.41) is 3.07. The Morgan fingerprint density at radius 2 is 2.10 bits per heavy atom. The Morgan fingerprint density at radius 3 is 2.76 bits per heavy atom. The first-order valence-electron chi connectivity index (χ1n) is 7.11. The van der Waals surface area contributed by atoms with E-state index >= 15 is 0 Å². The van der Waals surface area contributed by atoms with E-state index in [1.807, 2.05) is 7.05 Å². The van der Waals surface area contributed by atoms with Crippen LogP contribution >= 0.6 is 0 Å². The van der Waals surface area contributed by atoms with Gasteiger partial charge < -0.3 is 10.2 Å². The summed E-state index contributed by atoms with van der Waals surface area (Å²) in [4.78, 5) is 2.23. The number of hydrogen-bond acceptors (Lipinski definition) is 2. The first-order chi connectivity index (χ1) is 9.86. The monoisotopic (exact) mass is 304 g/mol. The highest BCUT2D eigenvalue weighted by Crippen LogP contribution is 2.32. The van der Waals surface area contributed by atoms with E-state index in [1.54, 1.807) is 0 Å². The SMILES string of the molecule is CN1CCCC(CNCc2ccc(F)cc2C(F)(F)F)C1. The van der Waals surface area contributed by atoms with Gasteiger partial charge in [0.1, 0.15) is 5.82 Å². The Labute approximate surface area is 122 Å². The number of benzene rings is 1. The third-order valence-electron chi connectivity index (χ3n) is 3.85. The lowest BCUT2D eigenvalue weighted by molar-refractivity contribution is -0.138. The molecule has 0 bridgehead atoms. The van der Waals surface area contributed by atoms with Gasteiger partial charge in [-0.1, -0.05) is 6.07 Å². The largest absolute Gasteiger partial charge is 0.416 e. The molecule has 1 atom stereocenters. The minimum absolute atomic E-state index is 0.0908. The topological polar surface area (TPSA) is 15.3 Å². The molecule has 1 unspecified atom stereocenters. The minimum atomic E-state index is -4.52. The van der Waals surface area contributed by atoms with Crippen LogP contribution in [0.2, 0.25) is 0 Å². The van der Waals surface area contributed by atoms with Crippen molar-refractivity contribution in [3.8, 4) is 0 Å². The van der Waals surface area contributed by atoms with Gasteiger partial charge in [0.25, 0.3) is 0 Å². The predicted octanol–water partition coefficient (Wildman–Crippen LogP) is 3.28. The standard InChI is InChI=1S/C15H20F4N2/c1-21-6-2-3-11(10-21)8-20-9-12-4-5-13(16)7-14(12)15(17,18)19/h4-5,7,11,20H,2-3,6,8-10H2,1H3. The van der Waals surface area contributed by atoms with Gasteiger partial charge in [-0.25, -0.2) is 4.39 Å². The Morgan fingerprint density at radius 1 is 1.33 bits per heavy atom. The van der Waals surface area contributed by atoms with Crippen molar-refractivity contribution in [2.45, 2.75) is 25.6 Å². The van der Waals surface area contributed by atoms with Crippen molar-refractivity contribution in [3.05, 3.63) is 35.1 Å². The van der Waals surface area contributed by atoms with E-state index in [1.165, 1.54) is 6.07 Å². The first-order valence-corrected chi connectivity index (χ1v) is 7.11. The number of halogens is 4. The molecular weight excluding hydrogens is 284 g/mol. The van der Waals surface area contributed by atoms with Gasteiger partial charge >= 0.3 is 6.18 Å². The zero-order valence-corrected chi connectivity index (χ0v) is 12.0. The Kier molecular flexibility index (Phi) is 5.22. The van der Waals surface area contributed by atoms with Crippen LogP contribution in [0.5, 0.6) is 0 Å². The molecular formula is C15H20F4N2.